The number of benzene rings is 2. The van der Waals surface area contributed by atoms with Crippen LogP contribution < -0.4 is 9.64 Å². The smallest absolute Gasteiger partial charge is 0.224 e. The third-order valence-electron chi connectivity index (χ3n) is 5.40. The minimum absolute atomic E-state index is 0.128. The van der Waals surface area contributed by atoms with E-state index in [4.69, 9.17) is 4.74 Å². The second kappa shape index (κ2) is 10.3. The van der Waals surface area contributed by atoms with Crippen LogP contribution in [-0.2, 0) is 17.8 Å². The molecule has 0 aromatic heterocycles. The molecule has 1 aliphatic heterocycles. The van der Waals surface area contributed by atoms with E-state index in [1.807, 2.05) is 67.3 Å². The average molecular weight is 409 g/mol. The molecule has 1 unspecified atom stereocenters. The maximum atomic E-state index is 12.8. The first kappa shape index (κ1) is 21.9. The molecule has 0 aliphatic carbocycles. The molecule has 2 aromatic carbocycles. The fraction of sp³-hybridized carbons (Fsp3) is 0.400. The van der Waals surface area contributed by atoms with Gasteiger partial charge >= 0.3 is 0 Å². The van der Waals surface area contributed by atoms with Crippen molar-refractivity contribution in [2.45, 2.75) is 39.3 Å². The zero-order valence-corrected chi connectivity index (χ0v) is 18.2. The van der Waals surface area contributed by atoms with Gasteiger partial charge in [0.15, 0.2) is 0 Å². The Hall–Kier alpha value is -2.79. The molecule has 1 atom stereocenters. The van der Waals surface area contributed by atoms with Gasteiger partial charge in [-0.05, 0) is 43.2 Å². The number of rotatable bonds is 7. The van der Waals surface area contributed by atoms with Crippen molar-refractivity contribution >= 4 is 11.6 Å². The molecule has 0 bridgehead atoms. The average Bonchev–Trinajstić information content (AvgIpc) is 2.73. The number of aliphatic hydroxyl groups excluding tert-OH is 1. The van der Waals surface area contributed by atoms with Crippen LogP contribution in [0.3, 0.4) is 0 Å². The van der Waals surface area contributed by atoms with Crippen molar-refractivity contribution in [2.24, 2.45) is 0 Å². The summed E-state index contributed by atoms with van der Waals surface area (Å²) in [6.07, 6.45) is 2.59. The zero-order valence-electron chi connectivity index (χ0n) is 18.2. The summed E-state index contributed by atoms with van der Waals surface area (Å²) in [7, 11) is 1.65. The highest BCUT2D eigenvalue weighted by Crippen LogP contribution is 2.29. The Kier molecular flexibility index (Phi) is 7.52. The molecular weight excluding hydrogens is 376 g/mol. The van der Waals surface area contributed by atoms with Crippen LogP contribution in [0.5, 0.6) is 5.75 Å². The van der Waals surface area contributed by atoms with Crippen molar-refractivity contribution < 1.29 is 14.6 Å². The predicted octanol–water partition coefficient (Wildman–Crippen LogP) is 3.80. The molecule has 3 rings (SSSR count). The van der Waals surface area contributed by atoms with E-state index in [-0.39, 0.29) is 5.91 Å². The molecule has 2 aromatic rings. The number of amides is 1. The van der Waals surface area contributed by atoms with Gasteiger partial charge in [0.2, 0.25) is 5.91 Å². The Morgan fingerprint density at radius 1 is 1.17 bits per heavy atom. The van der Waals surface area contributed by atoms with Crippen molar-refractivity contribution in [2.75, 3.05) is 31.6 Å². The lowest BCUT2D eigenvalue weighted by atomic mass is 10.0. The predicted molar refractivity (Wildman–Crippen MR) is 121 cm³/mol. The van der Waals surface area contributed by atoms with Crippen LogP contribution >= 0.6 is 0 Å². The van der Waals surface area contributed by atoms with E-state index in [0.29, 0.717) is 39.0 Å². The zero-order chi connectivity index (χ0) is 21.5. The molecule has 1 N–H and O–H groups in total. The number of methoxy groups -OCH3 is 1. The molecule has 0 spiro atoms. The van der Waals surface area contributed by atoms with Crippen molar-refractivity contribution in [1.29, 1.82) is 0 Å². The van der Waals surface area contributed by atoms with Gasteiger partial charge in [0.05, 0.1) is 13.2 Å². The topological polar surface area (TPSA) is 53.0 Å². The number of β-amino-alcohol motifs (C(OH)–C–C–N with tert-alkyl or cyclic N) is 1. The number of aliphatic hydroxyl groups is 1. The van der Waals surface area contributed by atoms with Crippen molar-refractivity contribution in [3.05, 3.63) is 71.3 Å². The third kappa shape index (κ3) is 5.86. The van der Waals surface area contributed by atoms with Crippen LogP contribution in [-0.4, -0.2) is 48.8 Å². The number of ether oxygens (including phenoxy) is 1. The number of fused-ring (bicyclic) bond motifs is 1. The Morgan fingerprint density at radius 2 is 1.93 bits per heavy atom. The number of anilines is 1. The fourth-order valence-electron chi connectivity index (χ4n) is 3.78. The van der Waals surface area contributed by atoms with E-state index in [9.17, 15) is 9.90 Å². The Bertz CT molecular complexity index is 875. The van der Waals surface area contributed by atoms with Gasteiger partial charge in [-0.25, -0.2) is 0 Å². The Morgan fingerprint density at radius 3 is 2.63 bits per heavy atom. The van der Waals surface area contributed by atoms with E-state index in [1.165, 1.54) is 5.57 Å². The van der Waals surface area contributed by atoms with Crippen LogP contribution in [0.25, 0.3) is 0 Å². The van der Waals surface area contributed by atoms with E-state index >= 15 is 0 Å². The maximum absolute atomic E-state index is 12.8. The first-order valence-electron chi connectivity index (χ1n) is 10.5. The van der Waals surface area contributed by atoms with E-state index in [2.05, 4.69) is 11.0 Å². The molecule has 160 valence electrons. The second-order valence-electron chi connectivity index (χ2n) is 8.09. The van der Waals surface area contributed by atoms with Gasteiger partial charge in [-0.1, -0.05) is 42.0 Å². The lowest BCUT2D eigenvalue weighted by molar-refractivity contribution is -0.131. The number of hydrogen-bond acceptors (Lipinski definition) is 4. The number of carbonyl (C=O) groups is 1. The first-order chi connectivity index (χ1) is 14.5. The summed E-state index contributed by atoms with van der Waals surface area (Å²) in [5.41, 5.74) is 4.39. The number of hydrogen-bond donors (Lipinski definition) is 1. The number of carbonyl (C=O) groups excluding carboxylic acids is 1. The molecule has 5 nitrogen and oxygen atoms in total. The van der Waals surface area contributed by atoms with Gasteiger partial charge in [-0.2, -0.15) is 0 Å². The molecule has 0 saturated heterocycles. The van der Waals surface area contributed by atoms with Crippen molar-refractivity contribution in [1.82, 2.24) is 4.90 Å². The minimum atomic E-state index is -0.515. The molecule has 1 aliphatic rings. The maximum Gasteiger partial charge on any atom is 0.224 e. The van der Waals surface area contributed by atoms with Gasteiger partial charge in [0, 0.05) is 44.7 Å². The van der Waals surface area contributed by atoms with E-state index < -0.39 is 6.10 Å². The summed E-state index contributed by atoms with van der Waals surface area (Å²) < 4.78 is 5.42. The van der Waals surface area contributed by atoms with Crippen LogP contribution in [0.2, 0.25) is 0 Å². The molecule has 30 heavy (non-hydrogen) atoms. The van der Waals surface area contributed by atoms with Crippen LogP contribution in [0.15, 0.2) is 60.2 Å². The summed E-state index contributed by atoms with van der Waals surface area (Å²) in [6.45, 7) is 6.28. The van der Waals surface area contributed by atoms with Gasteiger partial charge in [0.1, 0.15) is 5.75 Å². The third-order valence-corrected chi connectivity index (χ3v) is 5.40. The van der Waals surface area contributed by atoms with Crippen molar-refractivity contribution in [3.8, 4) is 5.75 Å². The van der Waals surface area contributed by atoms with Gasteiger partial charge in [0.25, 0.3) is 0 Å². The van der Waals surface area contributed by atoms with Gasteiger partial charge in [-0.15, -0.1) is 0 Å². The summed E-state index contributed by atoms with van der Waals surface area (Å²) in [5, 5.41) is 10.7. The molecule has 1 amide bonds. The highest BCUT2D eigenvalue weighted by atomic mass is 16.5. The Labute approximate surface area is 179 Å². The highest BCUT2D eigenvalue weighted by molar-refractivity contribution is 5.78. The van der Waals surface area contributed by atoms with Crippen LogP contribution in [0, 0.1) is 0 Å². The molecular formula is C25H32N2O3. The first-order valence-corrected chi connectivity index (χ1v) is 10.5. The van der Waals surface area contributed by atoms with Gasteiger partial charge in [-0.3, -0.25) is 4.79 Å². The largest absolute Gasteiger partial charge is 0.497 e. The van der Waals surface area contributed by atoms with E-state index in [1.54, 1.807) is 7.11 Å². The molecule has 0 fully saturated rings. The lowest BCUT2D eigenvalue weighted by Crippen LogP contribution is -2.41. The van der Waals surface area contributed by atoms with Gasteiger partial charge < -0.3 is 19.6 Å². The highest BCUT2D eigenvalue weighted by Gasteiger charge is 2.24. The minimum Gasteiger partial charge on any atom is -0.497 e. The quantitative estimate of drug-likeness (QED) is 0.708. The van der Waals surface area contributed by atoms with Crippen molar-refractivity contribution in [3.63, 3.8) is 0 Å². The van der Waals surface area contributed by atoms with E-state index in [0.717, 1.165) is 22.6 Å². The summed E-state index contributed by atoms with van der Waals surface area (Å²) in [6, 6.07) is 16.0. The molecule has 1 heterocycles. The standard InChI is InChI=1S/C25H32N2O3/c1-19(2)11-13-27-17-21-16-23(30-3)9-10-24(21)26(14-12-25(27)29)18-22(28)15-20-7-5-4-6-8-20/h4-11,16,22,28H,12-15,17-18H2,1-3H3. The monoisotopic (exact) mass is 408 g/mol. The normalized spacial score (nSPS) is 15.1. The number of nitrogens with zero attached hydrogens (tertiary/aromatic N) is 2. The SMILES string of the molecule is COc1ccc2c(c1)CN(CC=C(C)C)C(=O)CCN2CC(O)Cc1ccccc1. The Balaban J connectivity index is 1.83. The summed E-state index contributed by atoms with van der Waals surface area (Å²) >= 11 is 0. The number of allylic oxidation sites excluding steroid dienone is 1. The summed E-state index contributed by atoms with van der Waals surface area (Å²) in [4.78, 5) is 16.9. The molecule has 5 heteroatoms. The lowest BCUT2D eigenvalue weighted by Gasteiger charge is -2.34. The molecule has 0 saturated carbocycles. The molecule has 0 radical (unpaired) electrons. The second-order valence-corrected chi connectivity index (χ2v) is 8.09. The summed E-state index contributed by atoms with van der Waals surface area (Å²) in [5.74, 6) is 0.900. The van der Waals surface area contributed by atoms with Crippen LogP contribution in [0.4, 0.5) is 5.69 Å². The van der Waals surface area contributed by atoms with Crippen LogP contribution in [0.1, 0.15) is 31.4 Å². The fourth-order valence-corrected chi connectivity index (χ4v) is 3.78.